The zero-order valence-electron chi connectivity index (χ0n) is 11.0. The van der Waals surface area contributed by atoms with Gasteiger partial charge in [0.1, 0.15) is 5.78 Å². The van der Waals surface area contributed by atoms with Crippen LogP contribution in [0.15, 0.2) is 24.3 Å². The number of hydrogen-bond donors (Lipinski definition) is 0. The van der Waals surface area contributed by atoms with E-state index < -0.39 is 0 Å². The third kappa shape index (κ3) is 1.37. The molecule has 5 rings (SSSR count). The van der Waals surface area contributed by atoms with Crippen molar-refractivity contribution in [1.82, 2.24) is 0 Å². The van der Waals surface area contributed by atoms with E-state index >= 15 is 0 Å². The Bertz CT molecular complexity index is 535. The minimum atomic E-state index is -0.0257. The maximum atomic E-state index is 12.6. The molecule has 1 aliphatic heterocycles. The zero-order valence-corrected chi connectivity index (χ0v) is 14.2. The molecule has 0 spiro atoms. The Morgan fingerprint density at radius 1 is 0.950 bits per heavy atom. The van der Waals surface area contributed by atoms with Crippen molar-refractivity contribution in [2.45, 2.75) is 40.1 Å². The first-order chi connectivity index (χ1) is 9.48. The highest BCUT2D eigenvalue weighted by molar-refractivity contribution is 9.25. The first kappa shape index (κ1) is 12.6. The number of hydrogen-bond acceptors (Lipinski definition) is 2. The van der Waals surface area contributed by atoms with Gasteiger partial charge < -0.3 is 4.74 Å². The predicted octanol–water partition coefficient (Wildman–Crippen LogP) is 3.74. The van der Waals surface area contributed by atoms with Crippen LogP contribution in [0, 0.1) is 23.7 Å². The summed E-state index contributed by atoms with van der Waals surface area (Å²) in [4.78, 5) is 12.6. The average Bonchev–Trinajstić information content (AvgIpc) is 3.22. The Hall–Kier alpha value is 0.0700. The number of fused-ring (bicyclic) bond motifs is 3. The van der Waals surface area contributed by atoms with Gasteiger partial charge in [-0.1, -0.05) is 56.2 Å². The molecule has 2 bridgehead atoms. The lowest BCUT2D eigenvalue weighted by atomic mass is 9.74. The number of ether oxygens (including phenoxy) is 1. The van der Waals surface area contributed by atoms with Crippen molar-refractivity contribution in [3.05, 3.63) is 24.3 Å². The molecule has 106 valence electrons. The fourth-order valence-electron chi connectivity index (χ4n) is 5.06. The van der Waals surface area contributed by atoms with Gasteiger partial charge in [0.05, 0.1) is 14.4 Å². The largest absolute Gasteiger partial charge is 0.362 e. The van der Waals surface area contributed by atoms with Crippen molar-refractivity contribution in [2.75, 3.05) is 0 Å². The molecule has 0 aromatic heterocycles. The van der Waals surface area contributed by atoms with Gasteiger partial charge in [-0.05, 0) is 37.5 Å². The number of ketones is 1. The van der Waals surface area contributed by atoms with Gasteiger partial charge >= 0.3 is 0 Å². The van der Waals surface area contributed by atoms with Crippen LogP contribution in [0.3, 0.4) is 0 Å². The van der Waals surface area contributed by atoms with Crippen LogP contribution in [0.1, 0.15) is 25.7 Å². The summed E-state index contributed by atoms with van der Waals surface area (Å²) in [5.74, 6) is 1.83. The number of carbonyl (C=O) groups is 1. The minimum Gasteiger partial charge on any atom is -0.362 e. The third-order valence-corrected chi connectivity index (χ3v) is 8.62. The van der Waals surface area contributed by atoms with E-state index in [1.54, 1.807) is 0 Å². The van der Waals surface area contributed by atoms with Crippen LogP contribution >= 0.6 is 31.9 Å². The normalized spacial score (nSPS) is 57.0. The van der Waals surface area contributed by atoms with E-state index in [2.05, 4.69) is 44.0 Å². The molecule has 3 saturated carbocycles. The number of Topliss-reactive ketones (excluding diaryl/α,β-unsaturated/α-hetero) is 1. The van der Waals surface area contributed by atoms with E-state index in [9.17, 15) is 4.79 Å². The first-order valence-corrected chi connectivity index (χ1v) is 9.03. The fourth-order valence-corrected chi connectivity index (χ4v) is 6.72. The van der Waals surface area contributed by atoms with Crippen molar-refractivity contribution in [1.29, 1.82) is 0 Å². The number of rotatable bonds is 0. The smallest absolute Gasteiger partial charge is 0.146 e. The second-order valence-corrected chi connectivity index (χ2v) is 10.9. The third-order valence-electron chi connectivity index (χ3n) is 6.27. The number of allylic oxidation sites excluding steroid dienone is 4. The van der Waals surface area contributed by atoms with Crippen LogP contribution in [0.25, 0.3) is 0 Å². The van der Waals surface area contributed by atoms with Crippen molar-refractivity contribution in [2.24, 2.45) is 23.7 Å². The molecule has 0 radical (unpaired) electrons. The molecule has 5 aliphatic rings. The Balaban J connectivity index is 1.55. The molecule has 0 N–H and O–H groups in total. The summed E-state index contributed by atoms with van der Waals surface area (Å²) in [6.07, 6.45) is 12.2. The van der Waals surface area contributed by atoms with Crippen LogP contribution in [0.4, 0.5) is 0 Å². The van der Waals surface area contributed by atoms with Crippen molar-refractivity contribution < 1.29 is 9.53 Å². The van der Waals surface area contributed by atoms with E-state index in [-0.39, 0.29) is 26.3 Å². The van der Waals surface area contributed by atoms with Crippen molar-refractivity contribution >= 4 is 37.6 Å². The molecule has 6 atom stereocenters. The molecule has 0 aromatic rings. The Labute approximate surface area is 135 Å². The van der Waals surface area contributed by atoms with Gasteiger partial charge in [-0.25, -0.2) is 0 Å². The summed E-state index contributed by atoms with van der Waals surface area (Å²) >= 11 is 7.66. The lowest BCUT2D eigenvalue weighted by Gasteiger charge is -2.23. The number of halogens is 2. The molecule has 0 amide bonds. The highest BCUT2D eigenvalue weighted by Crippen LogP contribution is 2.78. The molecule has 20 heavy (non-hydrogen) atoms. The summed E-state index contributed by atoms with van der Waals surface area (Å²) < 4.78 is 6.50. The van der Waals surface area contributed by atoms with Crippen molar-refractivity contribution in [3.63, 3.8) is 0 Å². The molecule has 0 unspecified atom stereocenters. The Kier molecular flexibility index (Phi) is 2.22. The fraction of sp³-hybridized carbons (Fsp3) is 0.688. The molecule has 1 saturated heterocycles. The van der Waals surface area contributed by atoms with Crippen LogP contribution in [-0.2, 0) is 9.53 Å². The average molecular weight is 400 g/mol. The van der Waals surface area contributed by atoms with E-state index in [0.717, 1.165) is 25.7 Å². The highest BCUT2D eigenvalue weighted by Gasteiger charge is 2.82. The number of alkyl halides is 2. The standard InChI is InChI=1S/C16H16Br2O2/c17-16(18)11-7-14-5-9-3-1-2-4-10(13(9)19)6-15(14,20-14)8-12(11)16/h1-4,9-12H,5-8H2/t9-,10+,11-,12+,14-,15+. The lowest BCUT2D eigenvalue weighted by molar-refractivity contribution is -0.124. The zero-order chi connectivity index (χ0) is 13.8. The molecular weight excluding hydrogens is 384 g/mol. The van der Waals surface area contributed by atoms with Gasteiger partial charge in [0.25, 0.3) is 0 Å². The van der Waals surface area contributed by atoms with Gasteiger partial charge in [0.2, 0.25) is 0 Å². The summed E-state index contributed by atoms with van der Waals surface area (Å²) in [5.41, 5.74) is -0.0515. The van der Waals surface area contributed by atoms with Crippen LogP contribution in [0.5, 0.6) is 0 Å². The number of carbonyl (C=O) groups excluding carboxylic acids is 1. The maximum absolute atomic E-state index is 12.6. The van der Waals surface area contributed by atoms with Gasteiger partial charge in [0.15, 0.2) is 0 Å². The number of epoxide rings is 1. The van der Waals surface area contributed by atoms with Gasteiger partial charge in [-0.15, -0.1) is 0 Å². The van der Waals surface area contributed by atoms with E-state index in [1.165, 1.54) is 0 Å². The molecule has 0 aromatic carbocycles. The van der Waals surface area contributed by atoms with E-state index in [0.29, 0.717) is 17.6 Å². The molecule has 4 aliphatic carbocycles. The van der Waals surface area contributed by atoms with Crippen LogP contribution in [0.2, 0.25) is 0 Å². The molecule has 4 fully saturated rings. The SMILES string of the molecule is O=C1[C@@H]2C=CC=C[C@H]1C[C@]13C[C@H]4[C@@H](C[C@@]1(C2)O3)C4(Br)Br. The van der Waals surface area contributed by atoms with Gasteiger partial charge in [-0.2, -0.15) is 0 Å². The molecule has 2 nitrogen and oxygen atoms in total. The van der Waals surface area contributed by atoms with E-state index in [1.807, 2.05) is 12.2 Å². The van der Waals surface area contributed by atoms with Gasteiger partial charge in [-0.3, -0.25) is 4.79 Å². The summed E-state index contributed by atoms with van der Waals surface area (Å²) in [6.45, 7) is 0. The lowest BCUT2D eigenvalue weighted by Crippen LogP contribution is -2.31. The maximum Gasteiger partial charge on any atom is 0.146 e. The molecular formula is C16H16Br2O2. The second-order valence-electron chi connectivity index (χ2n) is 7.18. The summed E-state index contributed by atoms with van der Waals surface area (Å²) in [5, 5.41) is 0. The Morgan fingerprint density at radius 3 is 1.95 bits per heavy atom. The minimum absolute atomic E-state index is 0.0257. The van der Waals surface area contributed by atoms with Crippen molar-refractivity contribution in [3.8, 4) is 0 Å². The molecule has 1 heterocycles. The highest BCUT2D eigenvalue weighted by atomic mass is 79.9. The summed E-state index contributed by atoms with van der Waals surface area (Å²) in [7, 11) is 0. The monoisotopic (exact) mass is 398 g/mol. The van der Waals surface area contributed by atoms with Gasteiger partial charge in [0, 0.05) is 11.8 Å². The predicted molar refractivity (Wildman–Crippen MR) is 82.8 cm³/mol. The molecule has 4 heteroatoms. The van der Waals surface area contributed by atoms with Crippen LogP contribution < -0.4 is 0 Å². The van der Waals surface area contributed by atoms with Crippen LogP contribution in [-0.4, -0.2) is 20.2 Å². The summed E-state index contributed by atoms with van der Waals surface area (Å²) in [6, 6.07) is 0. The van der Waals surface area contributed by atoms with E-state index in [4.69, 9.17) is 4.74 Å². The second kappa shape index (κ2) is 3.52. The Morgan fingerprint density at radius 2 is 1.45 bits per heavy atom. The first-order valence-electron chi connectivity index (χ1n) is 7.44. The topological polar surface area (TPSA) is 29.6 Å². The quantitative estimate of drug-likeness (QED) is 0.458.